The molecule has 0 bridgehead atoms. The summed E-state index contributed by atoms with van der Waals surface area (Å²) in [6.07, 6.45) is 0. The molecule has 5 nitrogen and oxygen atoms in total. The molecular formula is C27H25NO4. The van der Waals surface area contributed by atoms with Crippen LogP contribution >= 0.6 is 0 Å². The maximum Gasteiger partial charge on any atom is 0.134 e. The number of hydrogen-bond acceptors (Lipinski definition) is 5. The molecule has 5 heteroatoms. The first-order valence-electron chi connectivity index (χ1n) is 10.3. The Hall–Kier alpha value is -4.12. The van der Waals surface area contributed by atoms with Gasteiger partial charge in [-0.3, -0.25) is 0 Å². The second kappa shape index (κ2) is 8.55. The molecule has 0 spiro atoms. The Morgan fingerprint density at radius 3 is 1.75 bits per heavy atom. The van der Waals surface area contributed by atoms with E-state index >= 15 is 0 Å². The van der Waals surface area contributed by atoms with Crippen molar-refractivity contribution in [3.05, 3.63) is 95.6 Å². The third kappa shape index (κ3) is 4.18. The lowest BCUT2D eigenvalue weighted by Crippen LogP contribution is -2.10. The van der Waals surface area contributed by atoms with Crippen molar-refractivity contribution < 1.29 is 20.1 Å². The van der Waals surface area contributed by atoms with Crippen LogP contribution in [0.25, 0.3) is 0 Å². The quantitative estimate of drug-likeness (QED) is 0.320. The molecule has 0 saturated carbocycles. The second-order valence-corrected chi connectivity index (χ2v) is 7.78. The van der Waals surface area contributed by atoms with Crippen molar-refractivity contribution >= 4 is 17.1 Å². The molecule has 0 unspecified atom stereocenters. The lowest BCUT2D eigenvalue weighted by Gasteiger charge is -2.27. The van der Waals surface area contributed by atoms with Crippen LogP contribution in [0.2, 0.25) is 0 Å². The van der Waals surface area contributed by atoms with Crippen molar-refractivity contribution in [3.8, 4) is 28.7 Å². The van der Waals surface area contributed by atoms with Crippen molar-refractivity contribution in [2.75, 3.05) is 4.90 Å². The van der Waals surface area contributed by atoms with Crippen molar-refractivity contribution in [1.82, 2.24) is 0 Å². The average Bonchev–Trinajstić information content (AvgIpc) is 2.77. The van der Waals surface area contributed by atoms with E-state index in [0.29, 0.717) is 17.1 Å². The van der Waals surface area contributed by atoms with Crippen LogP contribution in [-0.4, -0.2) is 15.3 Å². The number of rotatable bonds is 5. The zero-order valence-corrected chi connectivity index (χ0v) is 18.2. The summed E-state index contributed by atoms with van der Waals surface area (Å²) in [4.78, 5) is 2.03. The highest BCUT2D eigenvalue weighted by atomic mass is 16.5. The normalized spacial score (nSPS) is 10.7. The fourth-order valence-corrected chi connectivity index (χ4v) is 3.53. The maximum atomic E-state index is 10.0. The van der Waals surface area contributed by atoms with Gasteiger partial charge in [0.2, 0.25) is 0 Å². The van der Waals surface area contributed by atoms with Gasteiger partial charge in [-0.05, 0) is 92.6 Å². The van der Waals surface area contributed by atoms with Crippen LogP contribution in [0.1, 0.15) is 16.7 Å². The first kappa shape index (κ1) is 21.1. The SMILES string of the molecule is Cc1cc(N(c2cccc(Oc3cccc(O)c3C)c2)c2ccc(O)c(C)c2)ccc1O. The predicted octanol–water partition coefficient (Wildman–Crippen LogP) is 6.99. The van der Waals surface area contributed by atoms with E-state index in [2.05, 4.69) is 0 Å². The first-order chi connectivity index (χ1) is 15.3. The van der Waals surface area contributed by atoms with E-state index in [1.807, 2.05) is 73.3 Å². The molecule has 0 fully saturated rings. The van der Waals surface area contributed by atoms with Crippen LogP contribution in [-0.2, 0) is 0 Å². The number of nitrogens with zero attached hydrogens (tertiary/aromatic N) is 1. The smallest absolute Gasteiger partial charge is 0.134 e. The lowest BCUT2D eigenvalue weighted by atomic mass is 10.1. The van der Waals surface area contributed by atoms with Gasteiger partial charge in [0.05, 0.1) is 0 Å². The molecule has 0 aliphatic rings. The molecular weight excluding hydrogens is 402 g/mol. The Morgan fingerprint density at radius 2 is 1.16 bits per heavy atom. The molecule has 0 atom stereocenters. The summed E-state index contributed by atoms with van der Waals surface area (Å²) in [6, 6.07) is 23.7. The summed E-state index contributed by atoms with van der Waals surface area (Å²) in [6.45, 7) is 5.51. The highest BCUT2D eigenvalue weighted by Gasteiger charge is 2.16. The Balaban J connectivity index is 1.80. The molecule has 3 N–H and O–H groups in total. The molecule has 0 aliphatic carbocycles. The van der Waals surface area contributed by atoms with Crippen LogP contribution in [0.3, 0.4) is 0 Å². The molecule has 0 saturated heterocycles. The number of phenols is 3. The van der Waals surface area contributed by atoms with Crippen molar-refractivity contribution in [2.24, 2.45) is 0 Å². The molecule has 162 valence electrons. The van der Waals surface area contributed by atoms with E-state index in [4.69, 9.17) is 4.74 Å². The molecule has 32 heavy (non-hydrogen) atoms. The number of aromatic hydroxyl groups is 3. The summed E-state index contributed by atoms with van der Waals surface area (Å²) in [5.74, 6) is 1.83. The fraction of sp³-hybridized carbons (Fsp3) is 0.111. The molecule has 4 aromatic carbocycles. The van der Waals surface area contributed by atoms with Crippen molar-refractivity contribution in [3.63, 3.8) is 0 Å². The van der Waals surface area contributed by atoms with Gasteiger partial charge in [0.1, 0.15) is 28.7 Å². The monoisotopic (exact) mass is 427 g/mol. The Bertz CT molecular complexity index is 1230. The van der Waals surface area contributed by atoms with Gasteiger partial charge in [-0.25, -0.2) is 0 Å². The van der Waals surface area contributed by atoms with Crippen LogP contribution in [0, 0.1) is 20.8 Å². The zero-order valence-electron chi connectivity index (χ0n) is 18.2. The van der Waals surface area contributed by atoms with Gasteiger partial charge < -0.3 is 25.0 Å². The maximum absolute atomic E-state index is 10.0. The second-order valence-electron chi connectivity index (χ2n) is 7.78. The van der Waals surface area contributed by atoms with Crippen LogP contribution in [0.15, 0.2) is 78.9 Å². The third-order valence-corrected chi connectivity index (χ3v) is 5.44. The Morgan fingerprint density at radius 1 is 0.594 bits per heavy atom. The summed E-state index contributed by atoms with van der Waals surface area (Å²) in [7, 11) is 0. The average molecular weight is 428 g/mol. The number of aryl methyl sites for hydroxylation is 2. The number of anilines is 3. The van der Waals surface area contributed by atoms with E-state index in [1.54, 1.807) is 31.2 Å². The number of ether oxygens (including phenoxy) is 1. The Kier molecular flexibility index (Phi) is 5.65. The van der Waals surface area contributed by atoms with Gasteiger partial charge in [-0.15, -0.1) is 0 Å². The first-order valence-corrected chi connectivity index (χ1v) is 10.3. The largest absolute Gasteiger partial charge is 0.508 e. The minimum Gasteiger partial charge on any atom is -0.508 e. The molecule has 0 aliphatic heterocycles. The number of benzene rings is 4. The molecule has 0 amide bonds. The molecule has 4 aromatic rings. The topological polar surface area (TPSA) is 73.2 Å². The molecule has 0 aromatic heterocycles. The fourth-order valence-electron chi connectivity index (χ4n) is 3.53. The van der Waals surface area contributed by atoms with E-state index in [0.717, 1.165) is 28.2 Å². The molecule has 0 radical (unpaired) electrons. The van der Waals surface area contributed by atoms with Gasteiger partial charge in [-0.1, -0.05) is 12.1 Å². The zero-order chi connectivity index (χ0) is 22.8. The van der Waals surface area contributed by atoms with E-state index in [1.165, 1.54) is 0 Å². The summed E-state index contributed by atoms with van der Waals surface area (Å²) >= 11 is 0. The standard InChI is InChI=1S/C27H25NO4/c1-17-14-21(10-12-24(17)29)28(22-11-13-25(30)18(2)15-22)20-6-4-7-23(16-20)32-27-9-5-8-26(31)19(27)3/h4-16,29-31H,1-3H3. The van der Waals surface area contributed by atoms with Gasteiger partial charge in [0.15, 0.2) is 0 Å². The van der Waals surface area contributed by atoms with Gasteiger partial charge >= 0.3 is 0 Å². The third-order valence-electron chi connectivity index (χ3n) is 5.44. The van der Waals surface area contributed by atoms with Crippen LogP contribution < -0.4 is 9.64 Å². The number of phenolic OH excluding ortho intramolecular Hbond substituents is 3. The minimum absolute atomic E-state index is 0.180. The lowest BCUT2D eigenvalue weighted by molar-refractivity contribution is 0.448. The van der Waals surface area contributed by atoms with Crippen LogP contribution in [0.5, 0.6) is 28.7 Å². The van der Waals surface area contributed by atoms with E-state index < -0.39 is 0 Å². The molecule has 4 rings (SSSR count). The minimum atomic E-state index is 0.180. The van der Waals surface area contributed by atoms with Gasteiger partial charge in [0, 0.05) is 28.7 Å². The Labute approximate surface area is 187 Å². The highest BCUT2D eigenvalue weighted by Crippen LogP contribution is 2.40. The summed E-state index contributed by atoms with van der Waals surface area (Å²) in [5.41, 5.74) is 4.73. The highest BCUT2D eigenvalue weighted by molar-refractivity contribution is 5.78. The van der Waals surface area contributed by atoms with Gasteiger partial charge in [0.25, 0.3) is 0 Å². The van der Waals surface area contributed by atoms with Crippen LogP contribution in [0.4, 0.5) is 17.1 Å². The van der Waals surface area contributed by atoms with Crippen molar-refractivity contribution in [1.29, 1.82) is 0 Å². The van der Waals surface area contributed by atoms with Crippen molar-refractivity contribution in [2.45, 2.75) is 20.8 Å². The molecule has 0 heterocycles. The van der Waals surface area contributed by atoms with E-state index in [-0.39, 0.29) is 17.2 Å². The van der Waals surface area contributed by atoms with Gasteiger partial charge in [-0.2, -0.15) is 0 Å². The van der Waals surface area contributed by atoms with E-state index in [9.17, 15) is 15.3 Å². The summed E-state index contributed by atoms with van der Waals surface area (Å²) < 4.78 is 6.07. The number of hydrogen-bond donors (Lipinski definition) is 3. The predicted molar refractivity (Wildman–Crippen MR) is 127 cm³/mol. The summed E-state index contributed by atoms with van der Waals surface area (Å²) in [5, 5.41) is 30.0.